The molecule has 0 unspecified atom stereocenters. The molecule has 0 aromatic rings. The maximum atomic E-state index is 10.9. The molecule has 0 heterocycles. The van der Waals surface area contributed by atoms with Gasteiger partial charge in [-0.3, -0.25) is 0 Å². The molecular formula is C10H21NO3S. The van der Waals surface area contributed by atoms with E-state index in [9.17, 15) is 13.5 Å². The summed E-state index contributed by atoms with van der Waals surface area (Å²) in [6.45, 7) is 1.43. The molecule has 0 radical (unpaired) electrons. The SMILES string of the molecule is CS(=O)(=O)CCNCC1(CO)CCCC1. The molecule has 0 aromatic heterocycles. The van der Waals surface area contributed by atoms with Gasteiger partial charge in [0.2, 0.25) is 0 Å². The molecule has 1 aliphatic carbocycles. The maximum absolute atomic E-state index is 10.9. The second-order valence-corrected chi connectivity index (χ2v) is 6.93. The molecular weight excluding hydrogens is 214 g/mol. The van der Waals surface area contributed by atoms with Crippen LogP contribution in [0.2, 0.25) is 0 Å². The molecule has 15 heavy (non-hydrogen) atoms. The summed E-state index contributed by atoms with van der Waals surface area (Å²) in [4.78, 5) is 0. The smallest absolute Gasteiger partial charge is 0.148 e. The Kier molecular flexibility index (Phi) is 4.55. The van der Waals surface area contributed by atoms with Crippen molar-refractivity contribution in [1.29, 1.82) is 0 Å². The zero-order valence-corrected chi connectivity index (χ0v) is 10.1. The highest BCUT2D eigenvalue weighted by Gasteiger charge is 2.32. The Hall–Kier alpha value is -0.130. The number of nitrogens with one attached hydrogen (secondary N) is 1. The summed E-state index contributed by atoms with van der Waals surface area (Å²) < 4.78 is 21.8. The van der Waals surface area contributed by atoms with Crippen molar-refractivity contribution in [3.63, 3.8) is 0 Å². The maximum Gasteiger partial charge on any atom is 0.148 e. The molecule has 1 aliphatic rings. The van der Waals surface area contributed by atoms with Crippen LogP contribution in [0.25, 0.3) is 0 Å². The highest BCUT2D eigenvalue weighted by atomic mass is 32.2. The molecule has 0 spiro atoms. The van der Waals surface area contributed by atoms with Crippen LogP contribution in [0.3, 0.4) is 0 Å². The van der Waals surface area contributed by atoms with Gasteiger partial charge in [0.05, 0.1) is 5.75 Å². The Bertz CT molecular complexity index is 281. The van der Waals surface area contributed by atoms with Gasteiger partial charge >= 0.3 is 0 Å². The van der Waals surface area contributed by atoms with Crippen LogP contribution in [0.4, 0.5) is 0 Å². The molecule has 0 aliphatic heterocycles. The number of aliphatic hydroxyl groups excluding tert-OH is 1. The first-order valence-electron chi connectivity index (χ1n) is 5.47. The van der Waals surface area contributed by atoms with Gasteiger partial charge in [0, 0.05) is 31.4 Å². The van der Waals surface area contributed by atoms with Crippen molar-refractivity contribution in [3.05, 3.63) is 0 Å². The lowest BCUT2D eigenvalue weighted by Gasteiger charge is -2.26. The Morgan fingerprint density at radius 1 is 1.33 bits per heavy atom. The van der Waals surface area contributed by atoms with Crippen molar-refractivity contribution in [3.8, 4) is 0 Å². The van der Waals surface area contributed by atoms with Crippen molar-refractivity contribution in [2.75, 3.05) is 31.7 Å². The molecule has 5 heteroatoms. The lowest BCUT2D eigenvalue weighted by atomic mass is 9.87. The van der Waals surface area contributed by atoms with Crippen molar-refractivity contribution in [2.45, 2.75) is 25.7 Å². The van der Waals surface area contributed by atoms with Crippen molar-refractivity contribution >= 4 is 9.84 Å². The molecule has 0 amide bonds. The third-order valence-corrected chi connectivity index (χ3v) is 4.09. The average Bonchev–Trinajstić information content (AvgIpc) is 2.60. The Balaban J connectivity index is 2.24. The molecule has 90 valence electrons. The Labute approximate surface area is 92.0 Å². The minimum Gasteiger partial charge on any atom is -0.396 e. The van der Waals surface area contributed by atoms with Crippen LogP contribution < -0.4 is 5.32 Å². The summed E-state index contributed by atoms with van der Waals surface area (Å²) >= 11 is 0. The van der Waals surface area contributed by atoms with E-state index in [2.05, 4.69) is 5.32 Å². The molecule has 0 bridgehead atoms. The minimum absolute atomic E-state index is 0.0114. The second-order valence-electron chi connectivity index (χ2n) is 4.67. The normalized spacial score (nSPS) is 20.7. The molecule has 1 rings (SSSR count). The first kappa shape index (κ1) is 12.9. The molecule has 2 N–H and O–H groups in total. The van der Waals surface area contributed by atoms with Gasteiger partial charge in [-0.15, -0.1) is 0 Å². The lowest BCUT2D eigenvalue weighted by molar-refractivity contribution is 0.129. The predicted molar refractivity (Wildman–Crippen MR) is 60.6 cm³/mol. The monoisotopic (exact) mass is 235 g/mol. The number of aliphatic hydroxyl groups is 1. The average molecular weight is 235 g/mol. The van der Waals surface area contributed by atoms with E-state index in [1.54, 1.807) is 0 Å². The summed E-state index contributed by atoms with van der Waals surface area (Å²) in [5, 5.41) is 12.5. The number of rotatable bonds is 6. The van der Waals surface area contributed by atoms with Gasteiger partial charge in [-0.2, -0.15) is 0 Å². The summed E-state index contributed by atoms with van der Waals surface area (Å²) in [7, 11) is -2.87. The first-order chi connectivity index (χ1) is 6.97. The Morgan fingerprint density at radius 2 is 1.93 bits per heavy atom. The van der Waals surface area contributed by atoms with Gasteiger partial charge < -0.3 is 10.4 Å². The zero-order chi connectivity index (χ0) is 11.4. The van der Waals surface area contributed by atoms with Crippen molar-refractivity contribution in [1.82, 2.24) is 5.32 Å². The number of hydrogen-bond donors (Lipinski definition) is 2. The van der Waals surface area contributed by atoms with E-state index in [1.807, 2.05) is 0 Å². The van der Waals surface area contributed by atoms with E-state index in [1.165, 1.54) is 19.1 Å². The van der Waals surface area contributed by atoms with Crippen LogP contribution in [0.15, 0.2) is 0 Å². The molecule has 4 nitrogen and oxygen atoms in total. The van der Waals surface area contributed by atoms with Gasteiger partial charge in [-0.1, -0.05) is 12.8 Å². The molecule has 0 aromatic carbocycles. The predicted octanol–water partition coefficient (Wildman–Crippen LogP) is 0.173. The van der Waals surface area contributed by atoms with Crippen molar-refractivity contribution in [2.24, 2.45) is 5.41 Å². The van der Waals surface area contributed by atoms with Crippen molar-refractivity contribution < 1.29 is 13.5 Å². The van der Waals surface area contributed by atoms with E-state index in [0.29, 0.717) is 6.54 Å². The van der Waals surface area contributed by atoms with Gasteiger partial charge in [0.1, 0.15) is 9.84 Å². The molecule has 0 saturated heterocycles. The van der Waals surface area contributed by atoms with Gasteiger partial charge in [0.25, 0.3) is 0 Å². The zero-order valence-electron chi connectivity index (χ0n) is 9.33. The highest BCUT2D eigenvalue weighted by Crippen LogP contribution is 2.36. The lowest BCUT2D eigenvalue weighted by Crippen LogP contribution is -2.37. The van der Waals surface area contributed by atoms with Gasteiger partial charge in [0.15, 0.2) is 0 Å². The van der Waals surface area contributed by atoms with Crippen LogP contribution in [-0.2, 0) is 9.84 Å². The third-order valence-electron chi connectivity index (χ3n) is 3.15. The number of hydrogen-bond acceptors (Lipinski definition) is 4. The largest absolute Gasteiger partial charge is 0.396 e. The van der Waals surface area contributed by atoms with E-state index in [0.717, 1.165) is 19.4 Å². The molecule has 0 atom stereocenters. The summed E-state index contributed by atoms with van der Waals surface area (Å²) in [5.41, 5.74) is 0.0114. The minimum atomic E-state index is -2.87. The quantitative estimate of drug-likeness (QED) is 0.644. The summed E-state index contributed by atoms with van der Waals surface area (Å²) in [6, 6.07) is 0. The van der Waals surface area contributed by atoms with Crippen LogP contribution in [-0.4, -0.2) is 45.2 Å². The van der Waals surface area contributed by atoms with Crippen LogP contribution in [0.1, 0.15) is 25.7 Å². The molecule has 1 saturated carbocycles. The van der Waals surface area contributed by atoms with E-state index < -0.39 is 9.84 Å². The summed E-state index contributed by atoms with van der Waals surface area (Å²) in [5.74, 6) is 0.175. The molecule has 1 fully saturated rings. The highest BCUT2D eigenvalue weighted by molar-refractivity contribution is 7.90. The van der Waals surface area contributed by atoms with E-state index in [4.69, 9.17) is 0 Å². The fourth-order valence-electron chi connectivity index (χ4n) is 2.13. The van der Waals surface area contributed by atoms with Crippen LogP contribution in [0.5, 0.6) is 0 Å². The van der Waals surface area contributed by atoms with Crippen LogP contribution in [0, 0.1) is 5.41 Å². The standard InChI is InChI=1S/C10H21NO3S/c1-15(13,14)7-6-11-8-10(9-12)4-2-3-5-10/h11-12H,2-9H2,1H3. The van der Waals surface area contributed by atoms with Crippen LogP contribution >= 0.6 is 0 Å². The fourth-order valence-corrected chi connectivity index (χ4v) is 2.64. The second kappa shape index (κ2) is 5.27. The number of sulfone groups is 1. The van der Waals surface area contributed by atoms with E-state index in [-0.39, 0.29) is 17.8 Å². The van der Waals surface area contributed by atoms with Gasteiger partial charge in [-0.05, 0) is 12.8 Å². The third kappa shape index (κ3) is 4.49. The fraction of sp³-hybridized carbons (Fsp3) is 1.00. The van der Waals surface area contributed by atoms with E-state index >= 15 is 0 Å². The first-order valence-corrected chi connectivity index (χ1v) is 7.53. The van der Waals surface area contributed by atoms with Gasteiger partial charge in [-0.25, -0.2) is 8.42 Å². The Morgan fingerprint density at radius 3 is 2.40 bits per heavy atom. The summed E-state index contributed by atoms with van der Waals surface area (Å²) in [6.07, 6.45) is 5.69. The topological polar surface area (TPSA) is 66.4 Å².